The van der Waals surface area contributed by atoms with E-state index in [0.717, 1.165) is 5.39 Å². The molecule has 0 aliphatic carbocycles. The summed E-state index contributed by atoms with van der Waals surface area (Å²) >= 11 is 0. The number of aliphatic imine (C=N–C) groups is 1. The standard InChI is InChI=1S/C23H24N6O4.2ClH/c24-21(31)12-19-18-7-3-16(22(25)26)11-15(18)4-8-20(19)33-23(32)14-1-5-17(6-2-14)27-13-29-28-9-10-30;;/h1-8,11,13,28,30H,9-10,12H2,(H2,24,31)(H3,25,26)(H,27,29);2*1H. The Morgan fingerprint density at radius 2 is 1.71 bits per heavy atom. The van der Waals surface area contributed by atoms with E-state index < -0.39 is 11.9 Å². The first-order valence-corrected chi connectivity index (χ1v) is 10.0. The van der Waals surface area contributed by atoms with E-state index in [1.54, 1.807) is 54.6 Å². The summed E-state index contributed by atoms with van der Waals surface area (Å²) in [6.45, 7) is 0.372. The predicted octanol–water partition coefficient (Wildman–Crippen LogP) is 1.96. The van der Waals surface area contributed by atoms with Crippen molar-refractivity contribution < 1.29 is 19.4 Å². The van der Waals surface area contributed by atoms with Crippen LogP contribution in [0.3, 0.4) is 0 Å². The van der Waals surface area contributed by atoms with E-state index in [1.165, 1.54) is 6.34 Å². The Bertz CT molecular complexity index is 1220. The number of hydrazine groups is 1. The molecule has 186 valence electrons. The first-order valence-electron chi connectivity index (χ1n) is 10.0. The maximum atomic E-state index is 12.7. The Kier molecular flexibility index (Phi) is 11.6. The molecule has 0 saturated heterocycles. The molecule has 0 aromatic heterocycles. The molecule has 0 heterocycles. The molecule has 0 saturated carbocycles. The van der Waals surface area contributed by atoms with Gasteiger partial charge in [0.2, 0.25) is 5.91 Å². The van der Waals surface area contributed by atoms with Crippen LogP contribution >= 0.6 is 24.8 Å². The summed E-state index contributed by atoms with van der Waals surface area (Å²) in [6.07, 6.45) is 1.30. The van der Waals surface area contributed by atoms with Crippen LogP contribution < -0.4 is 27.1 Å². The lowest BCUT2D eigenvalue weighted by atomic mass is 9.98. The molecule has 8 N–H and O–H groups in total. The van der Waals surface area contributed by atoms with E-state index in [4.69, 9.17) is 26.7 Å². The molecule has 0 bridgehead atoms. The van der Waals surface area contributed by atoms with Gasteiger partial charge in [0, 0.05) is 17.7 Å². The lowest BCUT2D eigenvalue weighted by Crippen LogP contribution is -2.32. The Balaban J connectivity index is 0.00000306. The minimum absolute atomic E-state index is 0. The van der Waals surface area contributed by atoms with E-state index in [2.05, 4.69) is 15.8 Å². The summed E-state index contributed by atoms with van der Waals surface area (Å²) < 4.78 is 5.59. The summed E-state index contributed by atoms with van der Waals surface area (Å²) in [4.78, 5) is 28.5. The molecule has 12 heteroatoms. The Hall–Kier alpha value is -3.70. The van der Waals surface area contributed by atoms with Gasteiger partial charge in [0.05, 0.1) is 24.3 Å². The first kappa shape index (κ1) is 29.3. The third kappa shape index (κ3) is 7.94. The molecule has 0 unspecified atom stereocenters. The SMILES string of the molecule is Cl.Cl.N=C(N)c1ccc2c(CC(N)=O)c(OC(=O)c3ccc(N=CNNCCO)cc3)ccc2c1. The van der Waals surface area contributed by atoms with Gasteiger partial charge < -0.3 is 26.7 Å². The van der Waals surface area contributed by atoms with Crippen molar-refractivity contribution in [1.82, 2.24) is 10.9 Å². The molecular formula is C23H26Cl2N6O4. The molecule has 0 aliphatic rings. The van der Waals surface area contributed by atoms with E-state index in [0.29, 0.717) is 34.3 Å². The highest BCUT2D eigenvalue weighted by atomic mass is 35.5. The number of hydrogen-bond donors (Lipinski definition) is 6. The summed E-state index contributed by atoms with van der Waals surface area (Å²) in [5.41, 5.74) is 18.3. The van der Waals surface area contributed by atoms with E-state index in [1.807, 2.05) is 0 Å². The molecular weight excluding hydrogens is 495 g/mol. The van der Waals surface area contributed by atoms with Gasteiger partial charge >= 0.3 is 5.97 Å². The quantitative estimate of drug-likeness (QED) is 0.0590. The number of fused-ring (bicyclic) bond motifs is 1. The molecule has 3 aromatic rings. The summed E-state index contributed by atoms with van der Waals surface area (Å²) in [5.74, 6) is -1.02. The van der Waals surface area contributed by atoms with Crippen LogP contribution in [-0.2, 0) is 11.2 Å². The van der Waals surface area contributed by atoms with Gasteiger partial charge in [-0.05, 0) is 47.2 Å². The number of ether oxygens (including phenoxy) is 1. The number of esters is 1. The van der Waals surface area contributed by atoms with Gasteiger partial charge in [-0.25, -0.2) is 15.2 Å². The van der Waals surface area contributed by atoms with E-state index in [9.17, 15) is 9.59 Å². The number of benzene rings is 3. The number of aliphatic hydroxyl groups is 1. The number of hydrogen-bond acceptors (Lipinski definition) is 7. The second-order valence-electron chi connectivity index (χ2n) is 7.02. The number of nitrogens with one attached hydrogen (secondary N) is 3. The lowest BCUT2D eigenvalue weighted by molar-refractivity contribution is -0.117. The third-order valence-corrected chi connectivity index (χ3v) is 4.67. The van der Waals surface area contributed by atoms with Crippen LogP contribution in [-0.4, -0.2) is 42.3 Å². The molecule has 0 fully saturated rings. The summed E-state index contributed by atoms with van der Waals surface area (Å²) in [7, 11) is 0. The normalized spacial score (nSPS) is 10.3. The molecule has 3 aromatic carbocycles. The van der Waals surface area contributed by atoms with Crippen molar-refractivity contribution in [2.75, 3.05) is 13.2 Å². The first-order chi connectivity index (χ1) is 15.9. The average Bonchev–Trinajstić information content (AvgIpc) is 2.80. The van der Waals surface area contributed by atoms with Crippen molar-refractivity contribution >= 4 is 65.3 Å². The number of carbonyl (C=O) groups excluding carboxylic acids is 2. The van der Waals surface area contributed by atoms with Crippen LogP contribution in [0.1, 0.15) is 21.5 Å². The zero-order valence-corrected chi connectivity index (χ0v) is 20.1. The number of nitrogens with two attached hydrogens (primary N) is 2. The topological polar surface area (TPSA) is 176 Å². The van der Waals surface area contributed by atoms with Gasteiger partial charge in [-0.2, -0.15) is 0 Å². The van der Waals surface area contributed by atoms with Crippen LogP contribution in [0, 0.1) is 5.41 Å². The third-order valence-electron chi connectivity index (χ3n) is 4.67. The molecule has 0 spiro atoms. The number of primary amides is 1. The minimum Gasteiger partial charge on any atom is -0.423 e. The zero-order valence-electron chi connectivity index (χ0n) is 18.5. The number of aliphatic hydroxyl groups excluding tert-OH is 1. The number of nitrogen functional groups attached to an aromatic ring is 1. The maximum absolute atomic E-state index is 12.7. The zero-order chi connectivity index (χ0) is 23.8. The largest absolute Gasteiger partial charge is 0.423 e. The van der Waals surface area contributed by atoms with Gasteiger partial charge in [0.1, 0.15) is 17.9 Å². The molecule has 0 radical (unpaired) electrons. The number of halogens is 2. The minimum atomic E-state index is -0.598. The van der Waals surface area contributed by atoms with Gasteiger partial charge in [-0.3, -0.25) is 10.2 Å². The fourth-order valence-electron chi connectivity index (χ4n) is 3.12. The highest BCUT2D eigenvalue weighted by molar-refractivity contribution is 6.01. The van der Waals surface area contributed by atoms with Crippen LogP contribution in [0.4, 0.5) is 5.69 Å². The van der Waals surface area contributed by atoms with Gasteiger partial charge in [0.25, 0.3) is 0 Å². The second kappa shape index (κ2) is 13.9. The molecule has 1 amide bonds. The van der Waals surface area contributed by atoms with Crippen molar-refractivity contribution in [1.29, 1.82) is 5.41 Å². The number of rotatable bonds is 10. The summed E-state index contributed by atoms with van der Waals surface area (Å²) in [5, 5.41) is 17.7. The smallest absolute Gasteiger partial charge is 0.343 e. The van der Waals surface area contributed by atoms with E-state index >= 15 is 0 Å². The van der Waals surface area contributed by atoms with Crippen molar-refractivity contribution in [3.8, 4) is 5.75 Å². The predicted molar refractivity (Wildman–Crippen MR) is 140 cm³/mol. The fourth-order valence-corrected chi connectivity index (χ4v) is 3.12. The molecule has 3 rings (SSSR count). The van der Waals surface area contributed by atoms with Crippen molar-refractivity contribution in [2.24, 2.45) is 16.5 Å². The van der Waals surface area contributed by atoms with Crippen LogP contribution in [0.15, 0.2) is 59.6 Å². The van der Waals surface area contributed by atoms with Crippen molar-refractivity contribution in [2.45, 2.75) is 6.42 Å². The lowest BCUT2D eigenvalue weighted by Gasteiger charge is -2.13. The van der Waals surface area contributed by atoms with E-state index in [-0.39, 0.29) is 49.4 Å². The Labute approximate surface area is 214 Å². The van der Waals surface area contributed by atoms with Crippen molar-refractivity contribution in [3.05, 3.63) is 71.3 Å². The Morgan fingerprint density at radius 3 is 2.34 bits per heavy atom. The second-order valence-corrected chi connectivity index (χ2v) is 7.02. The Morgan fingerprint density at radius 1 is 1.03 bits per heavy atom. The van der Waals surface area contributed by atoms with Gasteiger partial charge in [0.15, 0.2) is 0 Å². The van der Waals surface area contributed by atoms with Gasteiger partial charge in [-0.1, -0.05) is 18.2 Å². The fraction of sp³-hybridized carbons (Fsp3) is 0.130. The average molecular weight is 521 g/mol. The highest BCUT2D eigenvalue weighted by Gasteiger charge is 2.16. The number of carbonyl (C=O) groups is 2. The highest BCUT2D eigenvalue weighted by Crippen LogP contribution is 2.30. The van der Waals surface area contributed by atoms with Crippen LogP contribution in [0.5, 0.6) is 5.75 Å². The molecule has 0 atom stereocenters. The van der Waals surface area contributed by atoms with Crippen molar-refractivity contribution in [3.63, 3.8) is 0 Å². The van der Waals surface area contributed by atoms with Crippen LogP contribution in [0.2, 0.25) is 0 Å². The maximum Gasteiger partial charge on any atom is 0.343 e. The molecule has 35 heavy (non-hydrogen) atoms. The number of amides is 1. The summed E-state index contributed by atoms with van der Waals surface area (Å²) in [6, 6.07) is 14.9. The number of nitrogens with zero attached hydrogens (tertiary/aromatic N) is 1. The molecule has 0 aliphatic heterocycles. The number of amidine groups is 1. The van der Waals surface area contributed by atoms with Gasteiger partial charge in [-0.15, -0.1) is 24.8 Å². The monoisotopic (exact) mass is 520 g/mol. The van der Waals surface area contributed by atoms with Crippen LogP contribution in [0.25, 0.3) is 10.8 Å². The molecule has 10 nitrogen and oxygen atoms in total.